The molecule has 0 saturated carbocycles. The Balaban J connectivity index is 0.00000320. The quantitative estimate of drug-likeness (QED) is 0.329. The summed E-state index contributed by atoms with van der Waals surface area (Å²) < 4.78 is 34.7. The monoisotopic (exact) mass is 432 g/mol. The number of rotatable bonds is 6. The molecule has 0 aromatic heterocycles. The number of hydrogen-bond donors (Lipinski definition) is 0. The van der Waals surface area contributed by atoms with Crippen LogP contribution in [-0.2, 0) is 10.1 Å². The van der Waals surface area contributed by atoms with Crippen molar-refractivity contribution in [3.05, 3.63) is 89.5 Å². The third-order valence-electron chi connectivity index (χ3n) is 4.97. The molecule has 0 spiro atoms. The van der Waals surface area contributed by atoms with E-state index < -0.39 is 10.1 Å². The summed E-state index contributed by atoms with van der Waals surface area (Å²) in [5.74, 6) is -0.191. The maximum absolute atomic E-state index is 11.6. The summed E-state index contributed by atoms with van der Waals surface area (Å²) >= 11 is 0. The summed E-state index contributed by atoms with van der Waals surface area (Å²) in [6, 6.07) is 22.6. The zero-order valence-corrected chi connectivity index (χ0v) is 20.8. The third kappa shape index (κ3) is 5.65. The van der Waals surface area contributed by atoms with Crippen molar-refractivity contribution in [3.63, 3.8) is 0 Å². The summed E-state index contributed by atoms with van der Waals surface area (Å²) in [4.78, 5) is 3.83. The van der Waals surface area contributed by atoms with E-state index in [2.05, 4.69) is 0 Å². The average molecular weight is 433 g/mol. The van der Waals surface area contributed by atoms with Crippen LogP contribution in [0.15, 0.2) is 77.7 Å². The van der Waals surface area contributed by atoms with Crippen molar-refractivity contribution in [2.45, 2.75) is 10.8 Å². The molecule has 5 nitrogen and oxygen atoms in total. The topological polar surface area (TPSA) is 63.7 Å². The van der Waals surface area contributed by atoms with E-state index >= 15 is 0 Å². The van der Waals surface area contributed by atoms with Crippen molar-refractivity contribution in [2.75, 3.05) is 38.0 Å². The van der Waals surface area contributed by atoms with E-state index in [1.165, 1.54) is 12.1 Å². The van der Waals surface area contributed by atoms with Crippen LogP contribution >= 0.6 is 0 Å². The molecule has 0 saturated heterocycles. The maximum Gasteiger partial charge on any atom is 1.00 e. The SMILES string of the molecule is CN(C)c1ccc(C(c2ccc(N(C)C)cc2)c2cccc(S(=O)(=O)[O-])c2)cc1.[Na+]. The van der Waals surface area contributed by atoms with Crippen LogP contribution in [-0.4, -0.2) is 41.2 Å². The first kappa shape index (κ1) is 24.4. The van der Waals surface area contributed by atoms with Gasteiger partial charge in [-0.2, -0.15) is 0 Å². The maximum atomic E-state index is 11.6. The zero-order chi connectivity index (χ0) is 21.2. The van der Waals surface area contributed by atoms with Gasteiger partial charge in [-0.25, -0.2) is 8.42 Å². The fraction of sp³-hybridized carbons (Fsp3) is 0.217. The van der Waals surface area contributed by atoms with Gasteiger partial charge < -0.3 is 14.4 Å². The minimum absolute atomic E-state index is 0. The van der Waals surface area contributed by atoms with Gasteiger partial charge in [0.2, 0.25) is 0 Å². The zero-order valence-electron chi connectivity index (χ0n) is 18.0. The van der Waals surface area contributed by atoms with E-state index in [1.807, 2.05) is 92.6 Å². The Hall–Kier alpha value is -1.83. The number of benzene rings is 3. The average Bonchev–Trinajstić information content (AvgIpc) is 2.68. The molecule has 3 aromatic rings. The van der Waals surface area contributed by atoms with E-state index in [9.17, 15) is 13.0 Å². The fourth-order valence-corrected chi connectivity index (χ4v) is 3.88. The van der Waals surface area contributed by atoms with Crippen molar-refractivity contribution >= 4 is 21.5 Å². The van der Waals surface area contributed by atoms with E-state index in [0.29, 0.717) is 0 Å². The second kappa shape index (κ2) is 9.98. The Morgan fingerprint density at radius 3 is 1.50 bits per heavy atom. The second-order valence-corrected chi connectivity index (χ2v) is 8.81. The van der Waals surface area contributed by atoms with Crippen LogP contribution in [0.25, 0.3) is 0 Å². The van der Waals surface area contributed by atoms with Gasteiger partial charge in [-0.15, -0.1) is 0 Å². The van der Waals surface area contributed by atoms with Crippen molar-refractivity contribution in [3.8, 4) is 0 Å². The molecular formula is C23H25N2NaO3S. The molecular weight excluding hydrogens is 407 g/mol. The summed E-state index contributed by atoms with van der Waals surface area (Å²) in [6.07, 6.45) is 0. The molecule has 0 aliphatic heterocycles. The van der Waals surface area contributed by atoms with E-state index in [4.69, 9.17) is 0 Å². The summed E-state index contributed by atoms with van der Waals surface area (Å²) in [5, 5.41) is 0. The molecule has 0 heterocycles. The van der Waals surface area contributed by atoms with Crippen LogP contribution in [0.1, 0.15) is 22.6 Å². The van der Waals surface area contributed by atoms with Crippen LogP contribution in [0.4, 0.5) is 11.4 Å². The number of anilines is 2. The van der Waals surface area contributed by atoms with Gasteiger partial charge in [0.1, 0.15) is 10.1 Å². The minimum Gasteiger partial charge on any atom is -0.744 e. The van der Waals surface area contributed by atoms with Gasteiger partial charge in [0, 0.05) is 45.5 Å². The van der Waals surface area contributed by atoms with Crippen molar-refractivity contribution in [2.24, 2.45) is 0 Å². The van der Waals surface area contributed by atoms with Gasteiger partial charge in [-0.3, -0.25) is 0 Å². The summed E-state index contributed by atoms with van der Waals surface area (Å²) in [5.41, 5.74) is 4.96. The Morgan fingerprint density at radius 2 is 1.13 bits per heavy atom. The molecule has 30 heavy (non-hydrogen) atoms. The molecule has 0 unspecified atom stereocenters. The minimum atomic E-state index is -4.52. The van der Waals surface area contributed by atoms with E-state index in [-0.39, 0.29) is 40.4 Å². The van der Waals surface area contributed by atoms with Gasteiger partial charge in [0.25, 0.3) is 0 Å². The van der Waals surface area contributed by atoms with Crippen LogP contribution in [0.5, 0.6) is 0 Å². The van der Waals surface area contributed by atoms with Crippen LogP contribution in [0, 0.1) is 0 Å². The Kier molecular flexibility index (Phi) is 8.13. The smallest absolute Gasteiger partial charge is 0.744 e. The van der Waals surface area contributed by atoms with E-state index in [1.54, 1.807) is 6.07 Å². The Morgan fingerprint density at radius 1 is 0.700 bits per heavy atom. The van der Waals surface area contributed by atoms with Crippen molar-refractivity contribution in [1.29, 1.82) is 0 Å². The molecule has 0 aliphatic rings. The number of hydrogen-bond acceptors (Lipinski definition) is 5. The molecule has 7 heteroatoms. The molecule has 0 fully saturated rings. The number of nitrogens with zero attached hydrogens (tertiary/aromatic N) is 2. The largest absolute Gasteiger partial charge is 1.00 e. The van der Waals surface area contributed by atoms with Gasteiger partial charge >= 0.3 is 29.6 Å². The van der Waals surface area contributed by atoms with Gasteiger partial charge in [-0.05, 0) is 53.1 Å². The van der Waals surface area contributed by atoms with Gasteiger partial charge in [-0.1, -0.05) is 36.4 Å². The molecule has 0 radical (unpaired) electrons. The first-order valence-corrected chi connectivity index (χ1v) is 10.7. The third-order valence-corrected chi connectivity index (χ3v) is 5.80. The normalized spacial score (nSPS) is 11.1. The standard InChI is InChI=1S/C23H26N2O3S.Na/c1-24(2)20-12-8-17(9-13-20)23(18-10-14-21(15-11-18)25(3)4)19-6-5-7-22(16-19)29(26,27)28;/h5-16,23H,1-4H3,(H,26,27,28);/q;+1/p-1. The molecule has 152 valence electrons. The molecule has 0 bridgehead atoms. The predicted octanol–water partition coefficient (Wildman–Crippen LogP) is 0.907. The summed E-state index contributed by atoms with van der Waals surface area (Å²) in [6.45, 7) is 0. The molecule has 0 aliphatic carbocycles. The summed E-state index contributed by atoms with van der Waals surface area (Å²) in [7, 11) is 3.40. The van der Waals surface area contributed by atoms with Crippen LogP contribution in [0.3, 0.4) is 0 Å². The first-order chi connectivity index (χ1) is 13.7. The van der Waals surface area contributed by atoms with E-state index in [0.717, 1.165) is 28.1 Å². The Bertz CT molecular complexity index is 1030. The van der Waals surface area contributed by atoms with Crippen molar-refractivity contribution in [1.82, 2.24) is 0 Å². The van der Waals surface area contributed by atoms with Gasteiger partial charge in [0.15, 0.2) is 0 Å². The molecule has 0 atom stereocenters. The first-order valence-electron chi connectivity index (χ1n) is 9.27. The fourth-order valence-electron chi connectivity index (χ4n) is 3.36. The Labute approximate surface area is 201 Å². The van der Waals surface area contributed by atoms with Crippen LogP contribution in [0.2, 0.25) is 0 Å². The van der Waals surface area contributed by atoms with Crippen molar-refractivity contribution < 1.29 is 42.5 Å². The molecule has 0 amide bonds. The molecule has 0 N–H and O–H groups in total. The van der Waals surface area contributed by atoms with Gasteiger partial charge in [0.05, 0.1) is 4.90 Å². The second-order valence-electron chi connectivity index (χ2n) is 7.43. The molecule has 3 rings (SSSR count). The molecule has 3 aromatic carbocycles. The van der Waals surface area contributed by atoms with Crippen LogP contribution < -0.4 is 39.4 Å². The predicted molar refractivity (Wildman–Crippen MR) is 117 cm³/mol.